The molecular formula is C33H28ClN5O. The summed E-state index contributed by atoms with van der Waals surface area (Å²) in [6, 6.07) is 20.2. The molecule has 0 unspecified atom stereocenters. The van der Waals surface area contributed by atoms with Crippen molar-refractivity contribution in [2.24, 2.45) is 0 Å². The molecule has 0 atom stereocenters. The van der Waals surface area contributed by atoms with Crippen molar-refractivity contribution in [1.82, 2.24) is 24.4 Å². The quantitative estimate of drug-likeness (QED) is 0.250. The standard InChI is InChI=1S/C33H28ClN5O/c1-21-37-29-20-35-16-12-30(29)39(21)27-9-6-24(7-10-27)33(40)38-17-13-22(14-18-38)31-28-11-8-26(34)19-25(28)5-4-23-3-2-15-36-32(23)31/h2-3,6-12,15-16,19-20H,4-5,13-14,17-18H2,1H3. The average molecular weight is 546 g/mol. The molecular weight excluding hydrogens is 518 g/mol. The van der Waals surface area contributed by atoms with E-state index >= 15 is 0 Å². The lowest BCUT2D eigenvalue weighted by Crippen LogP contribution is -2.36. The molecule has 1 saturated heterocycles. The number of carbonyl (C=O) groups excluding carboxylic acids is 1. The van der Waals surface area contributed by atoms with Crippen molar-refractivity contribution in [3.8, 4) is 5.69 Å². The fourth-order valence-electron chi connectivity index (χ4n) is 6.18. The number of carbonyl (C=O) groups is 1. The number of nitrogens with zero attached hydrogens (tertiary/aromatic N) is 5. The van der Waals surface area contributed by atoms with Crippen LogP contribution in [-0.4, -0.2) is 43.4 Å². The normalized spacial score (nSPS) is 15.1. The van der Waals surface area contributed by atoms with Gasteiger partial charge in [0, 0.05) is 47.3 Å². The van der Waals surface area contributed by atoms with Crippen LogP contribution in [0.3, 0.4) is 0 Å². The van der Waals surface area contributed by atoms with Crippen molar-refractivity contribution in [3.63, 3.8) is 0 Å². The number of pyridine rings is 2. The van der Waals surface area contributed by atoms with Crippen molar-refractivity contribution >= 4 is 34.1 Å². The van der Waals surface area contributed by atoms with Crippen molar-refractivity contribution in [1.29, 1.82) is 0 Å². The lowest BCUT2D eigenvalue weighted by molar-refractivity contribution is 0.0744. The maximum atomic E-state index is 13.5. The summed E-state index contributed by atoms with van der Waals surface area (Å²) in [5.41, 5.74) is 11.0. The van der Waals surface area contributed by atoms with Gasteiger partial charge in [-0.05, 0) is 97.8 Å². The Hall–Kier alpha value is -4.29. The second-order valence-electron chi connectivity index (χ2n) is 10.5. The van der Waals surface area contributed by atoms with Crippen molar-refractivity contribution < 1.29 is 4.79 Å². The number of halogens is 1. The molecule has 198 valence electrons. The highest BCUT2D eigenvalue weighted by Crippen LogP contribution is 2.38. The van der Waals surface area contributed by atoms with Gasteiger partial charge < -0.3 is 4.90 Å². The van der Waals surface area contributed by atoms with Crippen LogP contribution in [0.15, 0.2) is 84.8 Å². The van der Waals surface area contributed by atoms with Gasteiger partial charge in [0.2, 0.25) is 0 Å². The first-order valence-electron chi connectivity index (χ1n) is 13.7. The minimum atomic E-state index is 0.0681. The Kier molecular flexibility index (Phi) is 6.20. The van der Waals surface area contributed by atoms with Gasteiger partial charge in [-0.25, -0.2) is 4.98 Å². The van der Waals surface area contributed by atoms with Crippen molar-refractivity contribution in [2.45, 2.75) is 32.6 Å². The zero-order chi connectivity index (χ0) is 27.2. The lowest BCUT2D eigenvalue weighted by Gasteiger charge is -2.30. The second kappa shape index (κ2) is 10.0. The first-order valence-corrected chi connectivity index (χ1v) is 14.1. The summed E-state index contributed by atoms with van der Waals surface area (Å²) in [6.45, 7) is 3.35. The molecule has 0 radical (unpaired) electrons. The molecule has 1 fully saturated rings. The number of hydrogen-bond acceptors (Lipinski definition) is 4. The second-order valence-corrected chi connectivity index (χ2v) is 10.9. The van der Waals surface area contributed by atoms with Crippen LogP contribution in [0.1, 0.15) is 51.4 Å². The molecule has 0 spiro atoms. The number of likely N-dealkylation sites (tertiary alicyclic amines) is 1. The summed E-state index contributed by atoms with van der Waals surface area (Å²) >= 11 is 6.38. The SMILES string of the molecule is Cc1nc2cnccc2n1-c1ccc(C(=O)N2CCC(=C3c4ccc(Cl)cc4CCc4cccnc43)CC2)cc1. The summed E-state index contributed by atoms with van der Waals surface area (Å²) in [6.07, 6.45) is 8.96. The Morgan fingerprint density at radius 1 is 0.900 bits per heavy atom. The van der Waals surface area contributed by atoms with Crippen LogP contribution in [0.4, 0.5) is 0 Å². The topological polar surface area (TPSA) is 63.9 Å². The Morgan fingerprint density at radius 3 is 2.52 bits per heavy atom. The number of piperidine rings is 1. The first-order chi connectivity index (χ1) is 19.6. The van der Waals surface area contributed by atoms with E-state index in [0.29, 0.717) is 18.7 Å². The van der Waals surface area contributed by atoms with E-state index in [1.807, 2.05) is 60.5 Å². The van der Waals surface area contributed by atoms with Gasteiger partial charge in [-0.2, -0.15) is 0 Å². The molecule has 0 N–H and O–H groups in total. The van der Waals surface area contributed by atoms with E-state index in [-0.39, 0.29) is 5.91 Å². The molecule has 5 aromatic rings. The van der Waals surface area contributed by atoms with Gasteiger partial charge >= 0.3 is 0 Å². The molecule has 6 nitrogen and oxygen atoms in total. The van der Waals surface area contributed by atoms with Crippen LogP contribution in [0.25, 0.3) is 22.3 Å². The summed E-state index contributed by atoms with van der Waals surface area (Å²) in [5.74, 6) is 0.954. The predicted octanol–water partition coefficient (Wildman–Crippen LogP) is 6.61. The molecule has 1 aliphatic carbocycles. The molecule has 1 amide bonds. The van der Waals surface area contributed by atoms with Crippen LogP contribution < -0.4 is 0 Å². The highest BCUT2D eigenvalue weighted by molar-refractivity contribution is 6.30. The van der Waals surface area contributed by atoms with Crippen LogP contribution >= 0.6 is 11.6 Å². The van der Waals surface area contributed by atoms with E-state index in [1.54, 1.807) is 12.4 Å². The Morgan fingerprint density at radius 2 is 1.70 bits per heavy atom. The highest BCUT2D eigenvalue weighted by atomic mass is 35.5. The minimum absolute atomic E-state index is 0.0681. The molecule has 7 heteroatoms. The zero-order valence-corrected chi connectivity index (χ0v) is 23.0. The third-order valence-corrected chi connectivity index (χ3v) is 8.37. The molecule has 3 aromatic heterocycles. The molecule has 0 saturated carbocycles. The van der Waals surface area contributed by atoms with Crippen LogP contribution in [0, 0.1) is 6.92 Å². The largest absolute Gasteiger partial charge is 0.338 e. The monoisotopic (exact) mass is 545 g/mol. The van der Waals surface area contributed by atoms with E-state index < -0.39 is 0 Å². The number of fused-ring (bicyclic) bond motifs is 3. The first kappa shape index (κ1) is 24.7. The summed E-state index contributed by atoms with van der Waals surface area (Å²) in [7, 11) is 0. The highest BCUT2D eigenvalue weighted by Gasteiger charge is 2.27. The van der Waals surface area contributed by atoms with Crippen LogP contribution in [0.5, 0.6) is 0 Å². The number of aryl methyl sites for hydroxylation is 3. The van der Waals surface area contributed by atoms with Gasteiger partial charge in [0.05, 0.1) is 17.4 Å². The van der Waals surface area contributed by atoms with Crippen molar-refractivity contribution in [3.05, 3.63) is 124 Å². The minimum Gasteiger partial charge on any atom is -0.338 e. The maximum absolute atomic E-state index is 13.5. The number of hydrogen-bond donors (Lipinski definition) is 0. The molecule has 7 rings (SSSR count). The molecule has 4 heterocycles. The number of imidazole rings is 1. The van der Waals surface area contributed by atoms with E-state index in [2.05, 4.69) is 32.7 Å². The third kappa shape index (κ3) is 4.29. The van der Waals surface area contributed by atoms with Crippen LogP contribution in [-0.2, 0) is 12.8 Å². The fourth-order valence-corrected chi connectivity index (χ4v) is 6.37. The fraction of sp³-hybridized carbons (Fsp3) is 0.212. The number of amides is 1. The van der Waals surface area contributed by atoms with Gasteiger partial charge in [-0.3, -0.25) is 19.3 Å². The van der Waals surface area contributed by atoms with Gasteiger partial charge in [-0.1, -0.05) is 29.3 Å². The van der Waals surface area contributed by atoms with Gasteiger partial charge in [0.15, 0.2) is 0 Å². The summed E-state index contributed by atoms with van der Waals surface area (Å²) in [5, 5.41) is 0.766. The van der Waals surface area contributed by atoms with E-state index in [9.17, 15) is 4.79 Å². The summed E-state index contributed by atoms with van der Waals surface area (Å²) < 4.78 is 2.09. The predicted molar refractivity (Wildman–Crippen MR) is 158 cm³/mol. The third-order valence-electron chi connectivity index (χ3n) is 8.13. The molecule has 1 aliphatic heterocycles. The molecule has 0 bridgehead atoms. The number of aromatic nitrogens is 4. The van der Waals surface area contributed by atoms with Gasteiger partial charge in [0.1, 0.15) is 11.3 Å². The number of rotatable bonds is 2. The molecule has 2 aliphatic rings. The Bertz CT molecular complexity index is 1790. The Balaban J connectivity index is 1.15. The Labute approximate surface area is 238 Å². The van der Waals surface area contributed by atoms with E-state index in [4.69, 9.17) is 16.6 Å². The van der Waals surface area contributed by atoms with E-state index in [1.165, 1.54) is 27.8 Å². The number of benzene rings is 2. The lowest BCUT2D eigenvalue weighted by atomic mass is 9.88. The van der Waals surface area contributed by atoms with Crippen molar-refractivity contribution in [2.75, 3.05) is 13.1 Å². The summed E-state index contributed by atoms with van der Waals surface area (Å²) in [4.78, 5) is 29.1. The average Bonchev–Trinajstić information content (AvgIpc) is 3.24. The maximum Gasteiger partial charge on any atom is 0.253 e. The van der Waals surface area contributed by atoms with Gasteiger partial charge in [-0.15, -0.1) is 0 Å². The van der Waals surface area contributed by atoms with Crippen LogP contribution in [0.2, 0.25) is 5.02 Å². The molecule has 40 heavy (non-hydrogen) atoms. The zero-order valence-electron chi connectivity index (χ0n) is 22.3. The molecule has 2 aromatic carbocycles. The smallest absolute Gasteiger partial charge is 0.253 e. The van der Waals surface area contributed by atoms with E-state index in [0.717, 1.165) is 58.9 Å². The van der Waals surface area contributed by atoms with Gasteiger partial charge in [0.25, 0.3) is 5.91 Å².